The molecule has 0 bridgehead atoms. The van der Waals surface area contributed by atoms with Crippen molar-refractivity contribution in [2.75, 3.05) is 26.7 Å². The van der Waals surface area contributed by atoms with Gasteiger partial charge in [0.1, 0.15) is 5.82 Å². The molecule has 5 heteroatoms. The van der Waals surface area contributed by atoms with Crippen molar-refractivity contribution in [2.24, 2.45) is 0 Å². The third kappa shape index (κ3) is 3.35. The van der Waals surface area contributed by atoms with Crippen LogP contribution in [0.2, 0.25) is 0 Å². The molecule has 1 aliphatic heterocycles. The molecule has 2 heterocycles. The zero-order valence-electron chi connectivity index (χ0n) is 12.2. The summed E-state index contributed by atoms with van der Waals surface area (Å²) in [7, 11) is 2.02. The van der Waals surface area contributed by atoms with Crippen molar-refractivity contribution in [2.45, 2.75) is 39.3 Å². The molecule has 106 valence electrons. The van der Waals surface area contributed by atoms with E-state index in [0.717, 1.165) is 44.8 Å². The molecule has 0 aliphatic carbocycles. The first-order chi connectivity index (χ1) is 9.09. The number of carbonyl (C=O) groups excluding carboxylic acids is 1. The molecule has 0 spiro atoms. The van der Waals surface area contributed by atoms with E-state index in [1.54, 1.807) is 0 Å². The lowest BCUT2D eigenvalue weighted by atomic mass is 10.2. The Bertz CT molecular complexity index is 423. The Morgan fingerprint density at radius 1 is 1.47 bits per heavy atom. The number of rotatable bonds is 5. The molecule has 2 rings (SSSR count). The van der Waals surface area contributed by atoms with Crippen LogP contribution in [-0.2, 0) is 11.3 Å². The first-order valence-electron chi connectivity index (χ1n) is 7.06. The van der Waals surface area contributed by atoms with Crippen LogP contribution in [0.3, 0.4) is 0 Å². The van der Waals surface area contributed by atoms with Gasteiger partial charge in [0.05, 0.1) is 6.04 Å². The Labute approximate surface area is 115 Å². The number of hydrogen-bond donors (Lipinski definition) is 0. The van der Waals surface area contributed by atoms with Crippen LogP contribution in [0.25, 0.3) is 0 Å². The maximum Gasteiger partial charge on any atom is 0.239 e. The van der Waals surface area contributed by atoms with E-state index >= 15 is 0 Å². The molecule has 5 nitrogen and oxygen atoms in total. The van der Waals surface area contributed by atoms with Crippen LogP contribution >= 0.6 is 0 Å². The molecule has 0 N–H and O–H groups in total. The summed E-state index contributed by atoms with van der Waals surface area (Å²) in [6.07, 6.45) is 6.09. The summed E-state index contributed by atoms with van der Waals surface area (Å²) in [4.78, 5) is 20.6. The van der Waals surface area contributed by atoms with Crippen molar-refractivity contribution in [1.82, 2.24) is 19.4 Å². The highest BCUT2D eigenvalue weighted by molar-refractivity contribution is 5.81. The van der Waals surface area contributed by atoms with Crippen molar-refractivity contribution < 1.29 is 4.79 Å². The third-order valence-corrected chi connectivity index (χ3v) is 4.05. The van der Waals surface area contributed by atoms with Gasteiger partial charge in [-0.1, -0.05) is 0 Å². The predicted molar refractivity (Wildman–Crippen MR) is 74.9 cm³/mol. The van der Waals surface area contributed by atoms with Gasteiger partial charge in [-0.05, 0) is 33.7 Å². The second-order valence-electron chi connectivity index (χ2n) is 5.36. The molecule has 1 aromatic rings. The van der Waals surface area contributed by atoms with Gasteiger partial charge in [0.15, 0.2) is 0 Å². The zero-order valence-corrected chi connectivity index (χ0v) is 12.2. The van der Waals surface area contributed by atoms with Crippen molar-refractivity contribution >= 4 is 5.91 Å². The Hall–Kier alpha value is -1.36. The molecule has 0 unspecified atom stereocenters. The van der Waals surface area contributed by atoms with E-state index in [9.17, 15) is 4.79 Å². The highest BCUT2D eigenvalue weighted by Crippen LogP contribution is 2.11. The van der Waals surface area contributed by atoms with Gasteiger partial charge < -0.3 is 9.47 Å². The van der Waals surface area contributed by atoms with Crippen molar-refractivity contribution in [3.05, 3.63) is 18.2 Å². The molecular formula is C14H24N4O. The van der Waals surface area contributed by atoms with Gasteiger partial charge in [0.25, 0.3) is 0 Å². The maximum absolute atomic E-state index is 12.3. The lowest BCUT2D eigenvalue weighted by Gasteiger charge is -2.28. The maximum atomic E-state index is 12.3. The number of nitrogens with zero attached hydrogens (tertiary/aromatic N) is 4. The van der Waals surface area contributed by atoms with Gasteiger partial charge in [-0.2, -0.15) is 0 Å². The monoisotopic (exact) mass is 264 g/mol. The molecule has 1 atom stereocenters. The third-order valence-electron chi connectivity index (χ3n) is 4.05. The number of likely N-dealkylation sites (tertiary alicyclic amines) is 1. The molecule has 1 amide bonds. The second kappa shape index (κ2) is 6.19. The summed E-state index contributed by atoms with van der Waals surface area (Å²) in [5, 5.41) is 0. The zero-order chi connectivity index (χ0) is 13.8. The Balaban J connectivity index is 1.83. The number of carbonyl (C=O) groups is 1. The fraction of sp³-hybridized carbons (Fsp3) is 0.714. The summed E-state index contributed by atoms with van der Waals surface area (Å²) in [6, 6.07) is -0.0399. The van der Waals surface area contributed by atoms with Crippen LogP contribution in [0.5, 0.6) is 0 Å². The van der Waals surface area contributed by atoms with Gasteiger partial charge in [-0.15, -0.1) is 0 Å². The van der Waals surface area contributed by atoms with Crippen molar-refractivity contribution in [3.63, 3.8) is 0 Å². The number of amides is 1. The van der Waals surface area contributed by atoms with Crippen LogP contribution in [0, 0.1) is 6.92 Å². The predicted octanol–water partition coefficient (Wildman–Crippen LogP) is 1.13. The Morgan fingerprint density at radius 3 is 2.74 bits per heavy atom. The van der Waals surface area contributed by atoms with Gasteiger partial charge in [0, 0.05) is 38.6 Å². The molecule has 0 aromatic carbocycles. The second-order valence-corrected chi connectivity index (χ2v) is 5.36. The summed E-state index contributed by atoms with van der Waals surface area (Å²) in [5.41, 5.74) is 0. The van der Waals surface area contributed by atoms with Crippen LogP contribution in [-0.4, -0.2) is 58.0 Å². The summed E-state index contributed by atoms with van der Waals surface area (Å²) in [6.45, 7) is 7.59. The molecule has 1 aliphatic rings. The summed E-state index contributed by atoms with van der Waals surface area (Å²) >= 11 is 0. The minimum atomic E-state index is -0.0399. The average Bonchev–Trinajstić information content (AvgIpc) is 3.05. The van der Waals surface area contributed by atoms with E-state index in [2.05, 4.69) is 14.5 Å². The minimum Gasteiger partial charge on any atom is -0.341 e. The fourth-order valence-corrected chi connectivity index (χ4v) is 2.49. The quantitative estimate of drug-likeness (QED) is 0.800. The Kier molecular flexibility index (Phi) is 4.58. The van der Waals surface area contributed by atoms with Crippen LogP contribution in [0.15, 0.2) is 12.4 Å². The SMILES string of the molecule is Cc1nccn1CCN(C)[C@H](C)C(=O)N1CCCC1. The normalized spacial score (nSPS) is 17.2. The first-order valence-corrected chi connectivity index (χ1v) is 7.06. The van der Waals surface area contributed by atoms with E-state index < -0.39 is 0 Å². The van der Waals surface area contributed by atoms with E-state index in [0.29, 0.717) is 0 Å². The molecular weight excluding hydrogens is 240 g/mol. The number of aromatic nitrogens is 2. The fourth-order valence-electron chi connectivity index (χ4n) is 2.49. The smallest absolute Gasteiger partial charge is 0.239 e. The standard InChI is InChI=1S/C14H24N4O/c1-12(14(19)18-7-4-5-8-18)16(3)10-11-17-9-6-15-13(17)2/h6,9,12H,4-5,7-8,10-11H2,1-3H3/t12-/m1/s1. The van der Waals surface area contributed by atoms with Gasteiger partial charge in [-0.3, -0.25) is 9.69 Å². The largest absolute Gasteiger partial charge is 0.341 e. The average molecular weight is 264 g/mol. The Morgan fingerprint density at radius 2 is 2.16 bits per heavy atom. The molecule has 19 heavy (non-hydrogen) atoms. The van der Waals surface area contributed by atoms with Crippen LogP contribution in [0.1, 0.15) is 25.6 Å². The van der Waals surface area contributed by atoms with E-state index in [1.807, 2.05) is 38.2 Å². The number of imidazole rings is 1. The molecule has 0 saturated carbocycles. The van der Waals surface area contributed by atoms with E-state index in [-0.39, 0.29) is 11.9 Å². The van der Waals surface area contributed by atoms with E-state index in [4.69, 9.17) is 0 Å². The van der Waals surface area contributed by atoms with Gasteiger partial charge in [0.2, 0.25) is 5.91 Å². The van der Waals surface area contributed by atoms with Crippen LogP contribution in [0.4, 0.5) is 0 Å². The van der Waals surface area contributed by atoms with Crippen molar-refractivity contribution in [1.29, 1.82) is 0 Å². The number of hydrogen-bond acceptors (Lipinski definition) is 3. The topological polar surface area (TPSA) is 41.4 Å². The first kappa shape index (κ1) is 14.1. The summed E-state index contributed by atoms with van der Waals surface area (Å²) in [5.74, 6) is 1.29. The van der Waals surface area contributed by atoms with Gasteiger partial charge >= 0.3 is 0 Å². The lowest BCUT2D eigenvalue weighted by Crippen LogP contribution is -2.45. The minimum absolute atomic E-state index is 0.0399. The number of aryl methyl sites for hydroxylation is 1. The molecule has 1 fully saturated rings. The molecule has 1 saturated heterocycles. The highest BCUT2D eigenvalue weighted by atomic mass is 16.2. The van der Waals surface area contributed by atoms with Gasteiger partial charge in [-0.25, -0.2) is 4.98 Å². The van der Waals surface area contributed by atoms with Crippen molar-refractivity contribution in [3.8, 4) is 0 Å². The highest BCUT2D eigenvalue weighted by Gasteiger charge is 2.25. The number of likely N-dealkylation sites (N-methyl/N-ethyl adjacent to an activating group) is 1. The lowest BCUT2D eigenvalue weighted by molar-refractivity contribution is -0.134. The molecule has 1 aromatic heterocycles. The van der Waals surface area contributed by atoms with Crippen LogP contribution < -0.4 is 0 Å². The van der Waals surface area contributed by atoms with E-state index in [1.165, 1.54) is 0 Å². The summed E-state index contributed by atoms with van der Waals surface area (Å²) < 4.78 is 2.11. The molecule has 0 radical (unpaired) electrons.